The minimum Gasteiger partial charge on any atom is -0.493 e. The Labute approximate surface area is 121 Å². The maximum Gasteiger partial charge on any atom is 0.161 e. The van der Waals surface area contributed by atoms with E-state index in [1.165, 1.54) is 25.7 Å². The van der Waals surface area contributed by atoms with Gasteiger partial charge >= 0.3 is 0 Å². The molecule has 0 heterocycles. The highest BCUT2D eigenvalue weighted by Crippen LogP contribution is 2.35. The molecule has 1 aliphatic rings. The first-order valence-electron chi connectivity index (χ1n) is 7.68. The summed E-state index contributed by atoms with van der Waals surface area (Å²) >= 11 is 0. The second kappa shape index (κ2) is 6.98. The van der Waals surface area contributed by atoms with Crippen LogP contribution in [0.3, 0.4) is 0 Å². The number of ether oxygens (including phenoxy) is 2. The molecule has 1 aromatic rings. The average molecular weight is 278 g/mol. The van der Waals surface area contributed by atoms with Gasteiger partial charge in [0.05, 0.1) is 13.2 Å². The van der Waals surface area contributed by atoms with E-state index in [-0.39, 0.29) is 0 Å². The zero-order valence-electron chi connectivity index (χ0n) is 12.8. The van der Waals surface area contributed by atoms with Crippen LogP contribution < -0.4 is 9.47 Å². The van der Waals surface area contributed by atoms with Crippen LogP contribution in [0.25, 0.3) is 0 Å². The van der Waals surface area contributed by atoms with Crippen molar-refractivity contribution in [2.75, 3.05) is 7.11 Å². The average Bonchev–Trinajstić information content (AvgIpc) is 2.48. The van der Waals surface area contributed by atoms with Gasteiger partial charge in [-0.2, -0.15) is 0 Å². The number of rotatable bonds is 5. The monoisotopic (exact) mass is 278 g/mol. The summed E-state index contributed by atoms with van der Waals surface area (Å²) in [6, 6.07) is 5.69. The van der Waals surface area contributed by atoms with Gasteiger partial charge in [0.1, 0.15) is 6.10 Å². The van der Waals surface area contributed by atoms with Crippen LogP contribution in [0, 0.1) is 5.92 Å². The summed E-state index contributed by atoms with van der Waals surface area (Å²) in [5, 5.41) is 9.64. The van der Waals surface area contributed by atoms with E-state index in [1.54, 1.807) is 14.0 Å². The molecule has 1 aliphatic carbocycles. The Hall–Kier alpha value is -1.22. The number of methoxy groups -OCH3 is 1. The predicted molar refractivity (Wildman–Crippen MR) is 80.3 cm³/mol. The summed E-state index contributed by atoms with van der Waals surface area (Å²) in [4.78, 5) is 0. The van der Waals surface area contributed by atoms with E-state index in [9.17, 15) is 5.11 Å². The van der Waals surface area contributed by atoms with Crippen LogP contribution in [0.1, 0.15) is 57.6 Å². The largest absolute Gasteiger partial charge is 0.493 e. The maximum absolute atomic E-state index is 9.64. The number of aliphatic hydroxyl groups excluding tert-OH is 1. The summed E-state index contributed by atoms with van der Waals surface area (Å²) in [6.07, 6.45) is 5.91. The molecule has 0 aliphatic heterocycles. The lowest BCUT2D eigenvalue weighted by Gasteiger charge is -2.31. The summed E-state index contributed by atoms with van der Waals surface area (Å²) in [7, 11) is 1.65. The SMILES string of the molecule is CCC1CCCCC1Oc1ccc([C@H](C)O)cc1OC. The highest BCUT2D eigenvalue weighted by molar-refractivity contribution is 5.43. The number of aliphatic hydroxyl groups is 1. The van der Waals surface area contributed by atoms with Gasteiger partial charge in [-0.3, -0.25) is 0 Å². The molecule has 0 bridgehead atoms. The van der Waals surface area contributed by atoms with Gasteiger partial charge in [-0.15, -0.1) is 0 Å². The smallest absolute Gasteiger partial charge is 0.161 e. The van der Waals surface area contributed by atoms with E-state index in [2.05, 4.69) is 6.92 Å². The molecule has 1 fully saturated rings. The third-order valence-corrected chi connectivity index (χ3v) is 4.31. The standard InChI is InChI=1S/C17H26O3/c1-4-13-7-5-6-8-15(13)20-16-10-9-14(12(2)18)11-17(16)19-3/h9-13,15,18H,4-8H2,1-3H3/t12-,13?,15?/m0/s1. The number of benzene rings is 1. The third-order valence-electron chi connectivity index (χ3n) is 4.31. The molecule has 3 heteroatoms. The van der Waals surface area contributed by atoms with E-state index in [0.29, 0.717) is 17.8 Å². The molecule has 1 saturated carbocycles. The first kappa shape index (κ1) is 15.2. The van der Waals surface area contributed by atoms with Crippen LogP contribution in [0.15, 0.2) is 18.2 Å². The molecule has 0 spiro atoms. The Kier molecular flexibility index (Phi) is 5.30. The highest BCUT2D eigenvalue weighted by atomic mass is 16.5. The number of hydrogen-bond acceptors (Lipinski definition) is 3. The summed E-state index contributed by atoms with van der Waals surface area (Å²) in [6.45, 7) is 3.99. The zero-order valence-corrected chi connectivity index (χ0v) is 12.8. The quantitative estimate of drug-likeness (QED) is 0.881. The predicted octanol–water partition coefficient (Wildman–Crippen LogP) is 4.10. The first-order chi connectivity index (χ1) is 9.65. The van der Waals surface area contributed by atoms with Gasteiger partial charge in [-0.25, -0.2) is 0 Å². The van der Waals surface area contributed by atoms with Crippen molar-refractivity contribution in [3.05, 3.63) is 23.8 Å². The Morgan fingerprint density at radius 1 is 1.25 bits per heavy atom. The Morgan fingerprint density at radius 2 is 2.00 bits per heavy atom. The fourth-order valence-corrected chi connectivity index (χ4v) is 3.00. The van der Waals surface area contributed by atoms with Crippen molar-refractivity contribution in [3.8, 4) is 11.5 Å². The van der Waals surface area contributed by atoms with E-state index in [4.69, 9.17) is 9.47 Å². The Balaban J connectivity index is 2.15. The second-order valence-corrected chi connectivity index (χ2v) is 5.70. The first-order valence-corrected chi connectivity index (χ1v) is 7.68. The highest BCUT2D eigenvalue weighted by Gasteiger charge is 2.26. The van der Waals surface area contributed by atoms with Crippen molar-refractivity contribution in [1.82, 2.24) is 0 Å². The molecule has 0 saturated heterocycles. The van der Waals surface area contributed by atoms with Crippen molar-refractivity contribution in [3.63, 3.8) is 0 Å². The van der Waals surface area contributed by atoms with Crippen molar-refractivity contribution in [2.24, 2.45) is 5.92 Å². The zero-order chi connectivity index (χ0) is 14.5. The molecule has 0 amide bonds. The van der Waals surface area contributed by atoms with Crippen LogP contribution in [0.4, 0.5) is 0 Å². The molecule has 1 N–H and O–H groups in total. The summed E-state index contributed by atoms with van der Waals surface area (Å²) < 4.78 is 11.6. The minimum absolute atomic E-state index is 0.292. The molecule has 112 valence electrons. The minimum atomic E-state index is -0.490. The Morgan fingerprint density at radius 3 is 2.65 bits per heavy atom. The number of hydrogen-bond donors (Lipinski definition) is 1. The van der Waals surface area contributed by atoms with Crippen LogP contribution in [-0.4, -0.2) is 18.3 Å². The summed E-state index contributed by atoms with van der Waals surface area (Å²) in [5.41, 5.74) is 0.852. The van der Waals surface area contributed by atoms with Crippen LogP contribution in [0.5, 0.6) is 11.5 Å². The van der Waals surface area contributed by atoms with Crippen molar-refractivity contribution >= 4 is 0 Å². The van der Waals surface area contributed by atoms with Gasteiger partial charge in [-0.05, 0) is 56.2 Å². The van der Waals surface area contributed by atoms with E-state index >= 15 is 0 Å². The normalized spacial score (nSPS) is 24.2. The maximum atomic E-state index is 9.64. The van der Waals surface area contributed by atoms with Crippen molar-refractivity contribution in [2.45, 2.75) is 58.2 Å². The van der Waals surface area contributed by atoms with E-state index in [0.717, 1.165) is 17.7 Å². The summed E-state index contributed by atoms with van der Waals surface area (Å²) in [5.74, 6) is 2.15. The fourth-order valence-electron chi connectivity index (χ4n) is 3.00. The molecule has 0 aromatic heterocycles. The van der Waals surface area contributed by atoms with Gasteiger partial charge in [0.25, 0.3) is 0 Å². The van der Waals surface area contributed by atoms with Crippen molar-refractivity contribution in [1.29, 1.82) is 0 Å². The third kappa shape index (κ3) is 3.45. The molecule has 2 rings (SSSR count). The van der Waals surface area contributed by atoms with E-state index in [1.807, 2.05) is 18.2 Å². The van der Waals surface area contributed by atoms with Crippen LogP contribution >= 0.6 is 0 Å². The molecule has 0 radical (unpaired) electrons. The lowest BCUT2D eigenvalue weighted by molar-refractivity contribution is 0.0872. The van der Waals surface area contributed by atoms with Crippen LogP contribution in [0.2, 0.25) is 0 Å². The van der Waals surface area contributed by atoms with Gasteiger partial charge in [0, 0.05) is 0 Å². The van der Waals surface area contributed by atoms with Crippen molar-refractivity contribution < 1.29 is 14.6 Å². The second-order valence-electron chi connectivity index (χ2n) is 5.70. The molecule has 2 unspecified atom stereocenters. The van der Waals surface area contributed by atoms with Gasteiger partial charge in [0.2, 0.25) is 0 Å². The molecule has 3 atom stereocenters. The topological polar surface area (TPSA) is 38.7 Å². The fraction of sp³-hybridized carbons (Fsp3) is 0.647. The lowest BCUT2D eigenvalue weighted by atomic mass is 9.85. The van der Waals surface area contributed by atoms with Gasteiger partial charge < -0.3 is 14.6 Å². The van der Waals surface area contributed by atoms with Gasteiger partial charge in [-0.1, -0.05) is 19.4 Å². The molecule has 20 heavy (non-hydrogen) atoms. The molecule has 3 nitrogen and oxygen atoms in total. The molecular weight excluding hydrogens is 252 g/mol. The molecular formula is C17H26O3. The van der Waals surface area contributed by atoms with E-state index < -0.39 is 6.10 Å². The van der Waals surface area contributed by atoms with Crippen LogP contribution in [-0.2, 0) is 0 Å². The lowest BCUT2D eigenvalue weighted by Crippen LogP contribution is -2.30. The Bertz CT molecular complexity index is 428. The molecule has 1 aromatic carbocycles. The van der Waals surface area contributed by atoms with Gasteiger partial charge in [0.15, 0.2) is 11.5 Å².